The van der Waals surface area contributed by atoms with Gasteiger partial charge in [-0.3, -0.25) is 0 Å². The number of hydrogen-bond acceptors (Lipinski definition) is 1. The van der Waals surface area contributed by atoms with Crippen LogP contribution in [0, 0.1) is 0 Å². The van der Waals surface area contributed by atoms with Crippen LogP contribution in [0.1, 0.15) is 11.1 Å². The molecule has 0 saturated heterocycles. The summed E-state index contributed by atoms with van der Waals surface area (Å²) in [5, 5.41) is 9.12. The van der Waals surface area contributed by atoms with Crippen molar-refractivity contribution in [1.29, 1.82) is 0 Å². The molecule has 0 amide bonds. The van der Waals surface area contributed by atoms with Crippen molar-refractivity contribution < 1.29 is 5.11 Å². The third-order valence-corrected chi connectivity index (χ3v) is 2.19. The van der Waals surface area contributed by atoms with Crippen molar-refractivity contribution in [3.05, 3.63) is 65.7 Å². The molecule has 0 aliphatic heterocycles. The Bertz CT molecular complexity index is 395. The summed E-state index contributed by atoms with van der Waals surface area (Å²) in [7, 11) is 0. The standard InChI is InChI=1S/C13H12O.Li.H/c14-13-8-6-12(7-9-13)10-11-4-2-1-3-5-11;;/h1-9,14H,10H2;;. The molecule has 1 nitrogen and oxygen atoms in total. The van der Waals surface area contributed by atoms with Gasteiger partial charge in [-0.2, -0.15) is 0 Å². The van der Waals surface area contributed by atoms with E-state index in [-0.39, 0.29) is 18.9 Å². The van der Waals surface area contributed by atoms with E-state index in [0.717, 1.165) is 6.42 Å². The molecular weight excluding hydrogens is 179 g/mol. The molecule has 0 unspecified atom stereocenters. The number of hydrogen-bond donors (Lipinski definition) is 1. The van der Waals surface area contributed by atoms with Crippen molar-refractivity contribution in [2.45, 2.75) is 6.42 Å². The number of phenols is 1. The molecule has 2 rings (SSSR count). The summed E-state index contributed by atoms with van der Waals surface area (Å²) >= 11 is 0. The molecule has 0 aliphatic carbocycles. The second kappa shape index (κ2) is 5.65. The van der Waals surface area contributed by atoms with E-state index in [1.54, 1.807) is 12.1 Å². The summed E-state index contributed by atoms with van der Waals surface area (Å²) in [5.41, 5.74) is 2.51. The number of aromatic hydroxyl groups is 1. The Morgan fingerprint density at radius 2 is 1.27 bits per heavy atom. The van der Waals surface area contributed by atoms with Crippen LogP contribution in [0.5, 0.6) is 5.75 Å². The molecule has 2 aromatic rings. The van der Waals surface area contributed by atoms with Gasteiger partial charge >= 0.3 is 18.9 Å². The van der Waals surface area contributed by atoms with Gasteiger partial charge in [0.1, 0.15) is 5.75 Å². The normalized spacial score (nSPS) is 9.33. The first kappa shape index (κ1) is 11.9. The van der Waals surface area contributed by atoms with Gasteiger partial charge in [0.25, 0.3) is 0 Å². The van der Waals surface area contributed by atoms with E-state index >= 15 is 0 Å². The third kappa shape index (κ3) is 3.47. The molecule has 2 aromatic carbocycles. The van der Waals surface area contributed by atoms with Gasteiger partial charge in [-0.1, -0.05) is 42.5 Å². The van der Waals surface area contributed by atoms with E-state index in [0.29, 0.717) is 5.75 Å². The molecule has 0 spiro atoms. The van der Waals surface area contributed by atoms with Gasteiger partial charge in [0.05, 0.1) is 0 Å². The van der Waals surface area contributed by atoms with Crippen LogP contribution in [-0.2, 0) is 6.42 Å². The SMILES string of the molecule is Oc1ccc(Cc2ccccc2)cc1.[LiH]. The summed E-state index contributed by atoms with van der Waals surface area (Å²) in [6, 6.07) is 17.6. The van der Waals surface area contributed by atoms with Crippen LogP contribution >= 0.6 is 0 Å². The summed E-state index contributed by atoms with van der Waals surface area (Å²) < 4.78 is 0. The molecule has 2 heteroatoms. The van der Waals surface area contributed by atoms with E-state index in [1.165, 1.54) is 11.1 Å². The van der Waals surface area contributed by atoms with Gasteiger partial charge in [0.15, 0.2) is 0 Å². The van der Waals surface area contributed by atoms with Crippen LogP contribution in [0.3, 0.4) is 0 Å². The van der Waals surface area contributed by atoms with Crippen molar-refractivity contribution in [2.75, 3.05) is 0 Å². The Morgan fingerprint density at radius 3 is 1.87 bits per heavy atom. The first-order valence-electron chi connectivity index (χ1n) is 4.66. The van der Waals surface area contributed by atoms with Gasteiger partial charge in [-0.25, -0.2) is 0 Å². The van der Waals surface area contributed by atoms with Crippen LogP contribution in [0.15, 0.2) is 54.6 Å². The van der Waals surface area contributed by atoms with Crippen molar-refractivity contribution in [1.82, 2.24) is 0 Å². The Morgan fingerprint density at radius 1 is 0.733 bits per heavy atom. The second-order valence-electron chi connectivity index (χ2n) is 3.33. The second-order valence-corrected chi connectivity index (χ2v) is 3.33. The average Bonchev–Trinajstić information content (AvgIpc) is 2.23. The predicted molar refractivity (Wildman–Crippen MR) is 64.5 cm³/mol. The predicted octanol–water partition coefficient (Wildman–Crippen LogP) is 2.33. The molecule has 0 radical (unpaired) electrons. The van der Waals surface area contributed by atoms with Gasteiger partial charge in [-0.15, -0.1) is 0 Å². The molecule has 0 aliphatic rings. The number of benzene rings is 2. The van der Waals surface area contributed by atoms with E-state index in [4.69, 9.17) is 5.11 Å². The quantitative estimate of drug-likeness (QED) is 0.724. The van der Waals surface area contributed by atoms with Crippen LogP contribution < -0.4 is 0 Å². The van der Waals surface area contributed by atoms with Gasteiger partial charge < -0.3 is 5.11 Å². The fourth-order valence-electron chi connectivity index (χ4n) is 1.45. The van der Waals surface area contributed by atoms with Crippen molar-refractivity contribution in [3.8, 4) is 5.75 Å². The van der Waals surface area contributed by atoms with E-state index < -0.39 is 0 Å². The van der Waals surface area contributed by atoms with Crippen molar-refractivity contribution in [3.63, 3.8) is 0 Å². The maximum atomic E-state index is 9.12. The van der Waals surface area contributed by atoms with Crippen molar-refractivity contribution >= 4 is 18.9 Å². The molecule has 1 N–H and O–H groups in total. The van der Waals surface area contributed by atoms with E-state index in [9.17, 15) is 0 Å². The van der Waals surface area contributed by atoms with Crippen LogP contribution in [-0.4, -0.2) is 24.0 Å². The van der Waals surface area contributed by atoms with Crippen LogP contribution in [0.4, 0.5) is 0 Å². The Labute approximate surface area is 102 Å². The van der Waals surface area contributed by atoms with Crippen LogP contribution in [0.2, 0.25) is 0 Å². The zero-order valence-electron chi connectivity index (χ0n) is 7.85. The minimum atomic E-state index is 0. The van der Waals surface area contributed by atoms with Gasteiger partial charge in [-0.05, 0) is 29.7 Å². The molecular formula is C13H13LiO. The molecule has 15 heavy (non-hydrogen) atoms. The monoisotopic (exact) mass is 192 g/mol. The van der Waals surface area contributed by atoms with E-state index in [2.05, 4.69) is 12.1 Å². The first-order chi connectivity index (χ1) is 6.84. The minimum absolute atomic E-state index is 0. The fraction of sp³-hybridized carbons (Fsp3) is 0.0769. The molecule has 72 valence electrons. The summed E-state index contributed by atoms with van der Waals surface area (Å²) in [6.07, 6.45) is 0.918. The average molecular weight is 192 g/mol. The third-order valence-electron chi connectivity index (χ3n) is 2.19. The zero-order chi connectivity index (χ0) is 9.80. The molecule has 0 bridgehead atoms. The molecule has 0 saturated carbocycles. The van der Waals surface area contributed by atoms with Crippen LogP contribution in [0.25, 0.3) is 0 Å². The molecule has 0 heterocycles. The van der Waals surface area contributed by atoms with Gasteiger partial charge in [0.2, 0.25) is 0 Å². The van der Waals surface area contributed by atoms with E-state index in [1.807, 2.05) is 30.3 Å². The Hall–Kier alpha value is -1.16. The first-order valence-corrected chi connectivity index (χ1v) is 4.66. The summed E-state index contributed by atoms with van der Waals surface area (Å²) in [4.78, 5) is 0. The Kier molecular flexibility index (Phi) is 4.49. The topological polar surface area (TPSA) is 20.2 Å². The summed E-state index contributed by atoms with van der Waals surface area (Å²) in [6.45, 7) is 0. The van der Waals surface area contributed by atoms with Gasteiger partial charge in [0, 0.05) is 0 Å². The number of phenolic OH excluding ortho intramolecular Hbond substituents is 1. The Balaban J connectivity index is 0.00000112. The maximum absolute atomic E-state index is 9.12. The van der Waals surface area contributed by atoms with Crippen molar-refractivity contribution in [2.24, 2.45) is 0 Å². The number of rotatable bonds is 2. The zero-order valence-corrected chi connectivity index (χ0v) is 7.85. The molecule has 0 aromatic heterocycles. The fourth-order valence-corrected chi connectivity index (χ4v) is 1.45. The molecule has 0 atom stereocenters. The molecule has 0 fully saturated rings. The summed E-state index contributed by atoms with van der Waals surface area (Å²) in [5.74, 6) is 0.321.